The van der Waals surface area contributed by atoms with Gasteiger partial charge in [0.25, 0.3) is 15.7 Å². The van der Waals surface area contributed by atoms with Crippen molar-refractivity contribution in [1.29, 1.82) is 0 Å². The van der Waals surface area contributed by atoms with Gasteiger partial charge in [0.2, 0.25) is 0 Å². The minimum Gasteiger partial charge on any atom is -0.399 e. The van der Waals surface area contributed by atoms with Crippen molar-refractivity contribution in [3.63, 3.8) is 0 Å². The quantitative estimate of drug-likeness (QED) is 0.515. The van der Waals surface area contributed by atoms with E-state index in [0.717, 1.165) is 6.07 Å². The second kappa shape index (κ2) is 3.75. The molecule has 0 bridgehead atoms. The first-order valence-electron chi connectivity index (χ1n) is 4.53. The summed E-state index contributed by atoms with van der Waals surface area (Å²) in [5, 5.41) is 2.36. The summed E-state index contributed by atoms with van der Waals surface area (Å²) in [6.45, 7) is 0. The molecule has 0 amide bonds. The third-order valence-electron chi connectivity index (χ3n) is 2.13. The monoisotopic (exact) mass is 255 g/mol. The van der Waals surface area contributed by atoms with Gasteiger partial charge in [0.15, 0.2) is 0 Å². The molecule has 0 aliphatic heterocycles. The highest BCUT2D eigenvalue weighted by molar-refractivity contribution is 7.86. The Morgan fingerprint density at radius 1 is 1.29 bits per heavy atom. The molecule has 0 radical (unpaired) electrons. The van der Waals surface area contributed by atoms with Crippen LogP contribution in [0.4, 0.5) is 5.69 Å². The van der Waals surface area contributed by atoms with Crippen LogP contribution in [-0.2, 0) is 10.1 Å². The van der Waals surface area contributed by atoms with Gasteiger partial charge in [0, 0.05) is 18.0 Å². The van der Waals surface area contributed by atoms with Crippen molar-refractivity contribution >= 4 is 15.8 Å². The Balaban J connectivity index is 2.76. The third kappa shape index (κ3) is 2.22. The number of nitrogens with two attached hydrogens (primary N) is 1. The molecular weight excluding hydrogens is 246 g/mol. The molecule has 2 rings (SSSR count). The van der Waals surface area contributed by atoms with E-state index < -0.39 is 15.7 Å². The molecule has 0 aliphatic rings. The number of hydrogen-bond acceptors (Lipinski definition) is 4. The molecule has 0 saturated heterocycles. The average Bonchev–Trinajstić information content (AvgIpc) is 2.62. The smallest absolute Gasteiger partial charge is 0.296 e. The second-order valence-corrected chi connectivity index (χ2v) is 4.75. The highest BCUT2D eigenvalue weighted by atomic mass is 32.2. The summed E-state index contributed by atoms with van der Waals surface area (Å²) in [5.74, 6) is 0. The van der Waals surface area contributed by atoms with Gasteiger partial charge in [0.1, 0.15) is 4.90 Å². The van der Waals surface area contributed by atoms with Gasteiger partial charge in [-0.3, -0.25) is 19.1 Å². The van der Waals surface area contributed by atoms with Crippen LogP contribution < -0.4 is 11.3 Å². The Kier molecular flexibility index (Phi) is 2.52. The maximum absolute atomic E-state index is 11.2. The molecule has 0 atom stereocenters. The van der Waals surface area contributed by atoms with E-state index in [4.69, 9.17) is 10.3 Å². The number of nitrogens with zero attached hydrogens (tertiary/aromatic N) is 1. The van der Waals surface area contributed by atoms with Gasteiger partial charge in [-0.05, 0) is 18.2 Å². The molecule has 0 aliphatic carbocycles. The van der Waals surface area contributed by atoms with Crippen LogP contribution in [0, 0.1) is 0 Å². The summed E-state index contributed by atoms with van der Waals surface area (Å²) in [6.07, 6.45) is 1.34. The van der Waals surface area contributed by atoms with Gasteiger partial charge in [0.05, 0.1) is 5.69 Å². The van der Waals surface area contributed by atoms with E-state index in [1.54, 1.807) is 0 Å². The molecule has 1 aromatic heterocycles. The molecule has 4 N–H and O–H groups in total. The zero-order chi connectivity index (χ0) is 12.6. The van der Waals surface area contributed by atoms with E-state index in [0.29, 0.717) is 5.69 Å². The van der Waals surface area contributed by atoms with Crippen molar-refractivity contribution in [3.05, 3.63) is 40.8 Å². The van der Waals surface area contributed by atoms with E-state index >= 15 is 0 Å². The lowest BCUT2D eigenvalue weighted by molar-refractivity contribution is 0.482. The van der Waals surface area contributed by atoms with Crippen molar-refractivity contribution in [2.45, 2.75) is 4.90 Å². The molecule has 17 heavy (non-hydrogen) atoms. The summed E-state index contributed by atoms with van der Waals surface area (Å²) in [6, 6.07) is 5.06. The van der Waals surface area contributed by atoms with E-state index in [1.807, 2.05) is 0 Å². The zero-order valence-electron chi connectivity index (χ0n) is 8.49. The summed E-state index contributed by atoms with van der Waals surface area (Å²) in [5.41, 5.74) is 5.52. The minimum absolute atomic E-state index is 0.0783. The molecule has 0 spiro atoms. The van der Waals surface area contributed by atoms with E-state index in [1.165, 1.54) is 29.1 Å². The lowest BCUT2D eigenvalue weighted by atomic mass is 10.3. The lowest BCUT2D eigenvalue weighted by Gasteiger charge is -2.08. The predicted molar refractivity (Wildman–Crippen MR) is 60.6 cm³/mol. The normalized spacial score (nSPS) is 11.6. The molecule has 0 unspecified atom stereocenters. The van der Waals surface area contributed by atoms with Crippen molar-refractivity contribution in [3.8, 4) is 5.69 Å². The number of aromatic amines is 1. The molecule has 7 nitrogen and oxygen atoms in total. The Bertz CT molecular complexity index is 714. The van der Waals surface area contributed by atoms with Crippen LogP contribution in [0.3, 0.4) is 0 Å². The van der Waals surface area contributed by atoms with Crippen LogP contribution in [0.15, 0.2) is 40.2 Å². The molecule has 2 aromatic rings. The first kappa shape index (κ1) is 11.4. The van der Waals surface area contributed by atoms with E-state index in [-0.39, 0.29) is 10.6 Å². The van der Waals surface area contributed by atoms with Gasteiger partial charge >= 0.3 is 0 Å². The topological polar surface area (TPSA) is 118 Å². The molecule has 90 valence electrons. The van der Waals surface area contributed by atoms with Crippen LogP contribution in [0.5, 0.6) is 0 Å². The maximum Gasteiger partial charge on any atom is 0.296 e. The second-order valence-electron chi connectivity index (χ2n) is 3.36. The molecule has 0 fully saturated rings. The van der Waals surface area contributed by atoms with Crippen LogP contribution >= 0.6 is 0 Å². The number of rotatable bonds is 2. The fourth-order valence-electron chi connectivity index (χ4n) is 1.42. The minimum atomic E-state index is -4.39. The van der Waals surface area contributed by atoms with Crippen LogP contribution in [0.1, 0.15) is 0 Å². The molecular formula is C9H9N3O4S. The Morgan fingerprint density at radius 2 is 2.00 bits per heavy atom. The van der Waals surface area contributed by atoms with Gasteiger partial charge in [-0.25, -0.2) is 0 Å². The molecule has 8 heteroatoms. The predicted octanol–water partition coefficient (Wildman–Crippen LogP) is -0.00550. The Hall–Kier alpha value is -2.06. The first-order valence-corrected chi connectivity index (χ1v) is 5.97. The number of nitrogen functional groups attached to an aromatic ring is 1. The number of H-pyrrole nitrogens is 1. The lowest BCUT2D eigenvalue weighted by Crippen LogP contribution is -2.09. The van der Waals surface area contributed by atoms with Gasteiger partial charge in [-0.15, -0.1) is 0 Å². The largest absolute Gasteiger partial charge is 0.399 e. The first-order chi connectivity index (χ1) is 7.88. The molecule has 1 heterocycles. The zero-order valence-corrected chi connectivity index (χ0v) is 9.31. The number of hydrogen-bond donors (Lipinski definition) is 3. The fraction of sp³-hybridized carbons (Fsp3) is 0. The van der Waals surface area contributed by atoms with Crippen molar-refractivity contribution in [1.82, 2.24) is 9.78 Å². The van der Waals surface area contributed by atoms with Crippen LogP contribution in [-0.4, -0.2) is 22.8 Å². The van der Waals surface area contributed by atoms with E-state index in [9.17, 15) is 13.2 Å². The van der Waals surface area contributed by atoms with Crippen molar-refractivity contribution in [2.75, 3.05) is 5.73 Å². The van der Waals surface area contributed by atoms with E-state index in [2.05, 4.69) is 5.10 Å². The number of nitrogens with one attached hydrogen (secondary N) is 1. The van der Waals surface area contributed by atoms with Gasteiger partial charge in [-0.1, -0.05) is 0 Å². The van der Waals surface area contributed by atoms with Crippen LogP contribution in [0.25, 0.3) is 5.69 Å². The van der Waals surface area contributed by atoms with Gasteiger partial charge in [-0.2, -0.15) is 8.42 Å². The summed E-state index contributed by atoms with van der Waals surface area (Å²) in [4.78, 5) is 10.7. The highest BCUT2D eigenvalue weighted by Crippen LogP contribution is 2.21. The van der Waals surface area contributed by atoms with Gasteiger partial charge < -0.3 is 5.73 Å². The Morgan fingerprint density at radius 3 is 2.53 bits per heavy atom. The van der Waals surface area contributed by atoms with Crippen molar-refractivity contribution in [2.24, 2.45) is 0 Å². The third-order valence-corrected chi connectivity index (χ3v) is 3.03. The maximum atomic E-state index is 11.2. The molecule has 1 aromatic carbocycles. The Labute approximate surface area is 96.2 Å². The SMILES string of the molecule is Nc1ccc(S(=O)(=O)O)c(-n2ccc(=O)[nH]2)c1. The highest BCUT2D eigenvalue weighted by Gasteiger charge is 2.17. The summed E-state index contributed by atoms with van der Waals surface area (Å²) in [7, 11) is -4.39. The molecule has 0 saturated carbocycles. The van der Waals surface area contributed by atoms with Crippen molar-refractivity contribution < 1.29 is 13.0 Å². The fourth-order valence-corrected chi connectivity index (χ4v) is 2.08. The number of benzene rings is 1. The standard InChI is InChI=1S/C9H9N3O4S/c10-6-1-2-8(17(14,15)16)7(5-6)12-4-3-9(13)11-12/h1-5H,10H2,(H,11,13)(H,14,15,16). The summed E-state index contributed by atoms with van der Waals surface area (Å²) < 4.78 is 32.5. The van der Waals surface area contributed by atoms with Crippen LogP contribution in [0.2, 0.25) is 0 Å². The number of aromatic nitrogens is 2. The summed E-state index contributed by atoms with van der Waals surface area (Å²) >= 11 is 0. The average molecular weight is 255 g/mol. The number of anilines is 1.